The summed E-state index contributed by atoms with van der Waals surface area (Å²) in [5.41, 5.74) is 3.09. The molecule has 1 aliphatic rings. The summed E-state index contributed by atoms with van der Waals surface area (Å²) in [7, 11) is 1.47. The Kier molecular flexibility index (Phi) is 5.41. The molecule has 0 amide bonds. The van der Waals surface area contributed by atoms with Gasteiger partial charge in [0, 0.05) is 13.2 Å². The summed E-state index contributed by atoms with van der Waals surface area (Å²) in [4.78, 5) is 0. The van der Waals surface area contributed by atoms with Crippen molar-refractivity contribution in [3.05, 3.63) is 58.9 Å². The van der Waals surface area contributed by atoms with Crippen molar-refractivity contribution in [2.45, 2.75) is 26.4 Å². The number of ether oxygens (including phenoxy) is 1. The first-order valence-corrected chi connectivity index (χ1v) is 7.43. The molecular formula is C17H16F6N2O. The van der Waals surface area contributed by atoms with E-state index in [0.29, 0.717) is 16.7 Å². The first-order chi connectivity index (χ1) is 11.9. The van der Waals surface area contributed by atoms with Gasteiger partial charge in [-0.1, -0.05) is 6.07 Å². The van der Waals surface area contributed by atoms with E-state index in [-0.39, 0.29) is 5.70 Å². The lowest BCUT2D eigenvalue weighted by Gasteiger charge is -2.27. The second kappa shape index (κ2) is 7.06. The van der Waals surface area contributed by atoms with E-state index >= 15 is 0 Å². The fourth-order valence-corrected chi connectivity index (χ4v) is 2.45. The zero-order valence-electron chi connectivity index (χ0n) is 14.1. The third-order valence-electron chi connectivity index (χ3n) is 3.75. The van der Waals surface area contributed by atoms with Gasteiger partial charge in [0.15, 0.2) is 0 Å². The first kappa shape index (κ1) is 19.9. The zero-order valence-corrected chi connectivity index (χ0v) is 14.1. The number of aryl methyl sites for hydroxylation is 1. The van der Waals surface area contributed by atoms with Crippen molar-refractivity contribution in [1.29, 1.82) is 0 Å². The Balaban J connectivity index is 2.45. The second-order valence-electron chi connectivity index (χ2n) is 5.54. The molecule has 1 heterocycles. The summed E-state index contributed by atoms with van der Waals surface area (Å²) in [5.74, 6) is -0.391. The molecule has 9 heteroatoms. The summed E-state index contributed by atoms with van der Waals surface area (Å²) in [5, 5.41) is 1.21. The Morgan fingerprint density at radius 1 is 1.12 bits per heavy atom. The topological polar surface area (TPSA) is 24.5 Å². The van der Waals surface area contributed by atoms with E-state index < -0.39 is 23.9 Å². The lowest BCUT2D eigenvalue weighted by molar-refractivity contribution is -0.274. The lowest BCUT2D eigenvalue weighted by Crippen LogP contribution is -2.32. The maximum atomic E-state index is 13.1. The number of benzene rings is 1. The van der Waals surface area contributed by atoms with Crippen LogP contribution < -0.4 is 10.2 Å². The second-order valence-corrected chi connectivity index (χ2v) is 5.54. The van der Waals surface area contributed by atoms with Crippen LogP contribution in [-0.2, 0) is 0 Å². The van der Waals surface area contributed by atoms with E-state index in [4.69, 9.17) is 0 Å². The molecule has 0 aromatic heterocycles. The molecule has 0 spiro atoms. The standard InChI is InChI=1S/C17H16F6N2O/c1-10-8-13(26-17(21,22)23)4-5-14(10)12-6-7-25(24-3)15(9-12)11(2)16(18,19)20/h4-9,24H,1-3H3/b15-11+. The van der Waals surface area contributed by atoms with Crippen LogP contribution in [0.5, 0.6) is 5.75 Å². The highest BCUT2D eigenvalue weighted by molar-refractivity contribution is 5.79. The third-order valence-corrected chi connectivity index (χ3v) is 3.75. The van der Waals surface area contributed by atoms with Gasteiger partial charge in [-0.25, -0.2) is 5.43 Å². The zero-order chi connectivity index (χ0) is 19.7. The van der Waals surface area contributed by atoms with Crippen LogP contribution in [0, 0.1) is 6.92 Å². The third kappa shape index (κ3) is 4.60. The number of hydrogen-bond acceptors (Lipinski definition) is 3. The van der Waals surface area contributed by atoms with Gasteiger partial charge in [0.05, 0.1) is 11.3 Å². The Labute approximate surface area is 146 Å². The molecule has 26 heavy (non-hydrogen) atoms. The molecule has 142 valence electrons. The molecule has 0 fully saturated rings. The van der Waals surface area contributed by atoms with Gasteiger partial charge in [0.25, 0.3) is 0 Å². The summed E-state index contributed by atoms with van der Waals surface area (Å²) < 4.78 is 79.9. The van der Waals surface area contributed by atoms with Gasteiger partial charge in [-0.3, -0.25) is 5.01 Å². The highest BCUT2D eigenvalue weighted by atomic mass is 19.4. The average Bonchev–Trinajstić information content (AvgIpc) is 2.51. The first-order valence-electron chi connectivity index (χ1n) is 7.43. The maximum Gasteiger partial charge on any atom is 0.573 e. The molecule has 0 saturated carbocycles. The van der Waals surface area contributed by atoms with Crippen molar-refractivity contribution in [3.8, 4) is 5.75 Å². The van der Waals surface area contributed by atoms with Crippen LogP contribution >= 0.6 is 0 Å². The normalized spacial score (nSPS) is 17.3. The maximum absolute atomic E-state index is 13.1. The number of alkyl halides is 6. The number of allylic oxidation sites excluding steroid dienone is 4. The summed E-state index contributed by atoms with van der Waals surface area (Å²) in [6.45, 7) is 2.51. The van der Waals surface area contributed by atoms with Gasteiger partial charge in [-0.15, -0.1) is 13.2 Å². The van der Waals surface area contributed by atoms with Gasteiger partial charge in [0.1, 0.15) is 5.75 Å². The molecule has 0 unspecified atom stereocenters. The minimum atomic E-state index is -4.81. The van der Waals surface area contributed by atoms with Crippen molar-refractivity contribution in [2.75, 3.05) is 7.05 Å². The molecule has 1 N–H and O–H groups in total. The smallest absolute Gasteiger partial charge is 0.406 e. The molecule has 0 atom stereocenters. The van der Waals surface area contributed by atoms with Crippen molar-refractivity contribution in [3.63, 3.8) is 0 Å². The van der Waals surface area contributed by atoms with Gasteiger partial charge >= 0.3 is 12.5 Å². The van der Waals surface area contributed by atoms with Gasteiger partial charge in [0.2, 0.25) is 0 Å². The quantitative estimate of drug-likeness (QED) is 0.743. The van der Waals surface area contributed by atoms with Crippen LogP contribution in [0.4, 0.5) is 26.3 Å². The average molecular weight is 378 g/mol. The number of hydrazine groups is 1. The molecule has 0 radical (unpaired) electrons. The highest BCUT2D eigenvalue weighted by Gasteiger charge is 2.34. The summed E-state index contributed by atoms with van der Waals surface area (Å²) in [6.07, 6.45) is -5.02. The number of nitrogens with zero attached hydrogens (tertiary/aromatic N) is 1. The van der Waals surface area contributed by atoms with E-state index in [1.165, 1.54) is 36.5 Å². The number of hydrogen-bond donors (Lipinski definition) is 1. The van der Waals surface area contributed by atoms with Crippen molar-refractivity contribution < 1.29 is 31.1 Å². The number of halogens is 6. The molecule has 3 nitrogen and oxygen atoms in total. The highest BCUT2D eigenvalue weighted by Crippen LogP contribution is 2.35. The van der Waals surface area contributed by atoms with E-state index in [0.717, 1.165) is 13.0 Å². The van der Waals surface area contributed by atoms with Gasteiger partial charge in [-0.05, 0) is 54.8 Å². The van der Waals surface area contributed by atoms with Crippen LogP contribution in [-0.4, -0.2) is 24.6 Å². The monoisotopic (exact) mass is 378 g/mol. The van der Waals surface area contributed by atoms with Crippen LogP contribution in [0.1, 0.15) is 18.1 Å². The Morgan fingerprint density at radius 3 is 2.27 bits per heavy atom. The SMILES string of the molecule is CNN1C=CC(c2ccc(OC(F)(F)F)cc2C)=C/C1=C(/C)C(F)(F)F. The van der Waals surface area contributed by atoms with Crippen molar-refractivity contribution in [1.82, 2.24) is 10.4 Å². The van der Waals surface area contributed by atoms with E-state index in [1.807, 2.05) is 0 Å². The van der Waals surface area contributed by atoms with Crippen molar-refractivity contribution >= 4 is 5.57 Å². The Morgan fingerprint density at radius 2 is 1.77 bits per heavy atom. The van der Waals surface area contributed by atoms with E-state index in [2.05, 4.69) is 10.2 Å². The van der Waals surface area contributed by atoms with Gasteiger partial charge in [-0.2, -0.15) is 13.2 Å². The van der Waals surface area contributed by atoms with Crippen LogP contribution in [0.2, 0.25) is 0 Å². The summed E-state index contributed by atoms with van der Waals surface area (Å²) in [6, 6.07) is 3.68. The predicted molar refractivity (Wildman–Crippen MR) is 84.6 cm³/mol. The summed E-state index contributed by atoms with van der Waals surface area (Å²) >= 11 is 0. The number of rotatable bonds is 3. The molecule has 1 aromatic carbocycles. The van der Waals surface area contributed by atoms with E-state index in [9.17, 15) is 26.3 Å². The van der Waals surface area contributed by atoms with E-state index in [1.54, 1.807) is 13.0 Å². The molecule has 1 aliphatic heterocycles. The van der Waals surface area contributed by atoms with Crippen LogP contribution in [0.25, 0.3) is 5.57 Å². The van der Waals surface area contributed by atoms with Gasteiger partial charge < -0.3 is 4.74 Å². The predicted octanol–water partition coefficient (Wildman–Crippen LogP) is 5.08. The number of nitrogens with one attached hydrogen (secondary N) is 1. The fraction of sp³-hybridized carbons (Fsp3) is 0.294. The fourth-order valence-electron chi connectivity index (χ4n) is 2.45. The molecular weight excluding hydrogens is 362 g/mol. The van der Waals surface area contributed by atoms with Crippen molar-refractivity contribution in [2.24, 2.45) is 0 Å². The molecule has 2 rings (SSSR count). The molecule has 0 saturated heterocycles. The molecule has 0 bridgehead atoms. The van der Waals surface area contributed by atoms with Crippen LogP contribution in [0.15, 0.2) is 47.8 Å². The minimum absolute atomic E-state index is 0.104. The van der Waals surface area contributed by atoms with Crippen LogP contribution in [0.3, 0.4) is 0 Å². The Hall–Kier alpha value is -2.42. The largest absolute Gasteiger partial charge is 0.573 e. The minimum Gasteiger partial charge on any atom is -0.406 e. The molecule has 0 aliphatic carbocycles. The Bertz CT molecular complexity index is 774. The molecule has 1 aromatic rings. The lowest BCUT2D eigenvalue weighted by atomic mass is 9.97.